The molecule has 142 valence electrons. The molecule has 2 aliphatic heterocycles. The molecule has 0 N–H and O–H groups in total. The topological polar surface area (TPSA) is 40.6 Å². The maximum Gasteiger partial charge on any atom is 0.228 e. The van der Waals surface area contributed by atoms with Gasteiger partial charge in [0.1, 0.15) is 5.82 Å². The van der Waals surface area contributed by atoms with Crippen LogP contribution < -0.4 is 4.90 Å². The van der Waals surface area contributed by atoms with E-state index in [-0.39, 0.29) is 36.5 Å². The average molecular weight is 386 g/mol. The van der Waals surface area contributed by atoms with Crippen LogP contribution in [0.2, 0.25) is 0 Å². The summed E-state index contributed by atoms with van der Waals surface area (Å²) in [6.07, 6.45) is 1.87. The quantitative estimate of drug-likeness (QED) is 0.797. The third-order valence-electron chi connectivity index (χ3n) is 5.63. The van der Waals surface area contributed by atoms with Gasteiger partial charge in [0.05, 0.1) is 17.6 Å². The first kappa shape index (κ1) is 18.2. The molecule has 0 radical (unpaired) electrons. The third kappa shape index (κ3) is 3.16. The molecule has 1 aromatic heterocycles. The molecule has 1 saturated heterocycles. The van der Waals surface area contributed by atoms with Crippen molar-refractivity contribution in [3.63, 3.8) is 0 Å². The molecule has 2 aromatic rings. The first-order chi connectivity index (χ1) is 13.0. The summed E-state index contributed by atoms with van der Waals surface area (Å²) in [7, 11) is 0. The molecule has 0 aliphatic carbocycles. The fraction of sp³-hybridized carbons (Fsp3) is 0.429. The number of halogens is 1. The molecule has 27 heavy (non-hydrogen) atoms. The number of carbonyl (C=O) groups is 2. The lowest BCUT2D eigenvalue weighted by atomic mass is 9.95. The summed E-state index contributed by atoms with van der Waals surface area (Å²) in [4.78, 5) is 30.4. The molecule has 2 unspecified atom stereocenters. The van der Waals surface area contributed by atoms with Gasteiger partial charge in [-0.05, 0) is 54.5 Å². The van der Waals surface area contributed by atoms with Crippen LogP contribution in [0.3, 0.4) is 0 Å². The standard InChI is InChI=1S/C21H23FN2O2S/c1-3-17-15-7-9-27-19(15)6-8-23(17)21(26)14-11-20(25)24(12-14)18-5-4-13(2)10-16(18)22/h4-5,7,9-10,14,17H,3,6,8,11-12H2,1-2H3. The Morgan fingerprint density at radius 3 is 2.89 bits per heavy atom. The van der Waals surface area contributed by atoms with E-state index in [1.54, 1.807) is 23.5 Å². The van der Waals surface area contributed by atoms with Crippen LogP contribution in [0, 0.1) is 18.7 Å². The summed E-state index contributed by atoms with van der Waals surface area (Å²) in [6.45, 7) is 4.84. The highest BCUT2D eigenvalue weighted by molar-refractivity contribution is 7.10. The highest BCUT2D eigenvalue weighted by atomic mass is 32.1. The van der Waals surface area contributed by atoms with Crippen molar-refractivity contribution in [2.24, 2.45) is 5.92 Å². The van der Waals surface area contributed by atoms with Crippen LogP contribution in [0.4, 0.5) is 10.1 Å². The van der Waals surface area contributed by atoms with E-state index in [1.807, 2.05) is 11.8 Å². The molecule has 6 heteroatoms. The summed E-state index contributed by atoms with van der Waals surface area (Å²) in [6, 6.07) is 7.03. The van der Waals surface area contributed by atoms with E-state index in [1.165, 1.54) is 21.4 Å². The number of rotatable bonds is 3. The molecule has 0 spiro atoms. The second kappa shape index (κ2) is 7.08. The molecule has 2 amide bonds. The Bertz CT molecular complexity index is 894. The summed E-state index contributed by atoms with van der Waals surface area (Å²) in [5, 5.41) is 2.09. The van der Waals surface area contributed by atoms with Gasteiger partial charge in [0.2, 0.25) is 11.8 Å². The molecule has 0 bridgehead atoms. The Balaban J connectivity index is 1.54. The minimum absolute atomic E-state index is 0.0158. The number of carbonyl (C=O) groups excluding carboxylic acids is 2. The minimum atomic E-state index is -0.413. The first-order valence-electron chi connectivity index (χ1n) is 9.42. The van der Waals surface area contributed by atoms with Crippen molar-refractivity contribution >= 4 is 28.8 Å². The number of anilines is 1. The number of aryl methyl sites for hydroxylation is 1. The second-order valence-corrected chi connectivity index (χ2v) is 8.37. The lowest BCUT2D eigenvalue weighted by Gasteiger charge is -2.37. The van der Waals surface area contributed by atoms with Crippen LogP contribution in [0.15, 0.2) is 29.6 Å². The molecule has 2 aliphatic rings. The second-order valence-electron chi connectivity index (χ2n) is 7.37. The van der Waals surface area contributed by atoms with Gasteiger partial charge in [-0.2, -0.15) is 0 Å². The van der Waals surface area contributed by atoms with Crippen molar-refractivity contribution in [3.8, 4) is 0 Å². The van der Waals surface area contributed by atoms with E-state index in [4.69, 9.17) is 0 Å². The van der Waals surface area contributed by atoms with Gasteiger partial charge < -0.3 is 9.80 Å². The van der Waals surface area contributed by atoms with Gasteiger partial charge in [0.15, 0.2) is 0 Å². The Labute approximate surface area is 162 Å². The predicted octanol–water partition coefficient (Wildman–Crippen LogP) is 4.08. The monoisotopic (exact) mass is 386 g/mol. The van der Waals surface area contributed by atoms with Crippen molar-refractivity contribution in [2.45, 2.75) is 39.2 Å². The smallest absolute Gasteiger partial charge is 0.228 e. The van der Waals surface area contributed by atoms with E-state index in [0.29, 0.717) is 6.54 Å². The van der Waals surface area contributed by atoms with Crippen molar-refractivity contribution in [1.82, 2.24) is 4.90 Å². The normalized spacial score (nSPS) is 22.3. The molecule has 4 rings (SSSR count). The minimum Gasteiger partial charge on any atom is -0.335 e. The maximum atomic E-state index is 14.3. The van der Waals surface area contributed by atoms with Crippen molar-refractivity contribution in [3.05, 3.63) is 51.5 Å². The Hall–Kier alpha value is -2.21. The molecule has 3 heterocycles. The number of amides is 2. The predicted molar refractivity (Wildman–Crippen MR) is 104 cm³/mol. The Kier molecular flexibility index (Phi) is 4.76. The van der Waals surface area contributed by atoms with Crippen LogP contribution in [-0.4, -0.2) is 29.8 Å². The van der Waals surface area contributed by atoms with E-state index < -0.39 is 11.7 Å². The van der Waals surface area contributed by atoms with Gasteiger partial charge in [0.25, 0.3) is 0 Å². The molecule has 4 nitrogen and oxygen atoms in total. The fourth-order valence-corrected chi connectivity index (χ4v) is 5.20. The number of benzene rings is 1. The van der Waals surface area contributed by atoms with E-state index in [2.05, 4.69) is 18.4 Å². The average Bonchev–Trinajstić information content (AvgIpc) is 3.27. The van der Waals surface area contributed by atoms with Crippen LogP contribution in [-0.2, 0) is 16.0 Å². The van der Waals surface area contributed by atoms with Crippen molar-refractivity contribution in [2.75, 3.05) is 18.0 Å². The first-order valence-corrected chi connectivity index (χ1v) is 10.3. The Morgan fingerprint density at radius 1 is 1.33 bits per heavy atom. The lowest BCUT2D eigenvalue weighted by molar-refractivity contribution is -0.138. The lowest BCUT2D eigenvalue weighted by Crippen LogP contribution is -2.43. The number of hydrogen-bond donors (Lipinski definition) is 0. The third-order valence-corrected chi connectivity index (χ3v) is 6.63. The maximum absolute atomic E-state index is 14.3. The van der Waals surface area contributed by atoms with Gasteiger partial charge in [-0.1, -0.05) is 13.0 Å². The molecular weight excluding hydrogens is 363 g/mol. The molecule has 0 saturated carbocycles. The van der Waals surface area contributed by atoms with Crippen LogP contribution in [0.5, 0.6) is 0 Å². The number of hydrogen-bond acceptors (Lipinski definition) is 3. The summed E-state index contributed by atoms with van der Waals surface area (Å²) in [5.74, 6) is -0.990. The highest BCUT2D eigenvalue weighted by Crippen LogP contribution is 2.37. The van der Waals surface area contributed by atoms with E-state index >= 15 is 0 Å². The SMILES string of the molecule is CCC1c2ccsc2CCN1C(=O)C1CC(=O)N(c2ccc(C)cc2F)C1. The van der Waals surface area contributed by atoms with Gasteiger partial charge in [-0.15, -0.1) is 11.3 Å². The molecule has 1 aromatic carbocycles. The van der Waals surface area contributed by atoms with Gasteiger partial charge >= 0.3 is 0 Å². The number of nitrogens with zero attached hydrogens (tertiary/aromatic N) is 2. The zero-order chi connectivity index (χ0) is 19.1. The van der Waals surface area contributed by atoms with Gasteiger partial charge in [0, 0.05) is 24.4 Å². The molecule has 2 atom stereocenters. The van der Waals surface area contributed by atoms with E-state index in [0.717, 1.165) is 18.4 Å². The summed E-state index contributed by atoms with van der Waals surface area (Å²) < 4.78 is 14.3. The van der Waals surface area contributed by atoms with Crippen molar-refractivity contribution < 1.29 is 14.0 Å². The zero-order valence-electron chi connectivity index (χ0n) is 15.6. The molecule has 1 fully saturated rings. The van der Waals surface area contributed by atoms with Gasteiger partial charge in [-0.25, -0.2) is 4.39 Å². The Morgan fingerprint density at radius 2 is 2.15 bits per heavy atom. The van der Waals surface area contributed by atoms with Gasteiger partial charge in [-0.3, -0.25) is 9.59 Å². The number of fused-ring (bicyclic) bond motifs is 1. The van der Waals surface area contributed by atoms with Crippen molar-refractivity contribution in [1.29, 1.82) is 0 Å². The van der Waals surface area contributed by atoms with Crippen LogP contribution in [0.1, 0.15) is 41.8 Å². The summed E-state index contributed by atoms with van der Waals surface area (Å²) >= 11 is 1.75. The number of thiophene rings is 1. The largest absolute Gasteiger partial charge is 0.335 e. The highest BCUT2D eigenvalue weighted by Gasteiger charge is 2.41. The van der Waals surface area contributed by atoms with Crippen LogP contribution >= 0.6 is 11.3 Å². The molecular formula is C21H23FN2O2S. The van der Waals surface area contributed by atoms with E-state index in [9.17, 15) is 14.0 Å². The zero-order valence-corrected chi connectivity index (χ0v) is 16.4. The fourth-order valence-electron chi connectivity index (χ4n) is 4.27. The van der Waals surface area contributed by atoms with Crippen LogP contribution in [0.25, 0.3) is 0 Å². The summed E-state index contributed by atoms with van der Waals surface area (Å²) in [5.41, 5.74) is 2.32.